The molecule has 0 N–H and O–H groups in total. The van der Waals surface area contributed by atoms with Gasteiger partial charge in [0.1, 0.15) is 13.2 Å². The first-order valence-corrected chi connectivity index (χ1v) is 28.3. The Morgan fingerprint density at radius 2 is 0.591 bits per heavy atom. The van der Waals surface area contributed by atoms with Crippen LogP contribution in [0.3, 0.4) is 0 Å². The van der Waals surface area contributed by atoms with E-state index >= 15 is 0 Å². The minimum Gasteiger partial charge on any atom is -0.462 e. The molecule has 0 bridgehead atoms. The molecule has 0 spiro atoms. The van der Waals surface area contributed by atoms with Gasteiger partial charge in [0.2, 0.25) is 0 Å². The molecule has 0 saturated heterocycles. The van der Waals surface area contributed by atoms with Gasteiger partial charge in [-0.05, 0) is 96.3 Å². The van der Waals surface area contributed by atoms with Crippen LogP contribution < -0.4 is 0 Å². The highest BCUT2D eigenvalue weighted by Gasteiger charge is 2.19. The highest BCUT2D eigenvalue weighted by molar-refractivity contribution is 5.71. The molecule has 1 atom stereocenters. The standard InChI is InChI=1S/C60H106O6/c1-4-7-10-13-16-19-22-25-27-28-29-30-31-32-33-36-38-41-44-47-50-53-59(62)65-56-57(55-64-58(61)52-49-46-43-40-37-34-24-21-18-15-12-9-6-3)66-60(63)54-51-48-45-42-39-35-26-23-20-17-14-11-8-5-2/h12,14-15,17,21,23-24,26,28-29,57H,4-11,13,16,18-20,22,25,27,30-56H2,1-3H3/b15-12-,17-14-,24-21-,26-23-,29-28-. The number of hydrogen-bond donors (Lipinski definition) is 0. The summed E-state index contributed by atoms with van der Waals surface area (Å²) in [6.07, 6.45) is 67.8. The summed E-state index contributed by atoms with van der Waals surface area (Å²) >= 11 is 0. The van der Waals surface area contributed by atoms with Gasteiger partial charge in [0.25, 0.3) is 0 Å². The van der Waals surface area contributed by atoms with Gasteiger partial charge in [-0.1, -0.05) is 229 Å². The lowest BCUT2D eigenvalue weighted by atomic mass is 10.1. The largest absolute Gasteiger partial charge is 0.462 e. The molecule has 0 saturated carbocycles. The van der Waals surface area contributed by atoms with Gasteiger partial charge in [0.05, 0.1) is 0 Å². The molecule has 0 heterocycles. The van der Waals surface area contributed by atoms with Crippen molar-refractivity contribution >= 4 is 17.9 Å². The summed E-state index contributed by atoms with van der Waals surface area (Å²) < 4.78 is 16.8. The Morgan fingerprint density at radius 3 is 0.955 bits per heavy atom. The van der Waals surface area contributed by atoms with Crippen LogP contribution in [0.1, 0.15) is 284 Å². The van der Waals surface area contributed by atoms with Crippen LogP contribution in [-0.4, -0.2) is 37.2 Å². The van der Waals surface area contributed by atoms with Gasteiger partial charge in [0.15, 0.2) is 6.10 Å². The number of esters is 3. The zero-order chi connectivity index (χ0) is 47.9. The van der Waals surface area contributed by atoms with Crippen LogP contribution >= 0.6 is 0 Å². The number of rotatable bonds is 51. The highest BCUT2D eigenvalue weighted by Crippen LogP contribution is 2.15. The van der Waals surface area contributed by atoms with E-state index in [4.69, 9.17) is 14.2 Å². The second kappa shape index (κ2) is 54.7. The summed E-state index contributed by atoms with van der Waals surface area (Å²) in [7, 11) is 0. The molecular formula is C60H106O6. The first-order valence-electron chi connectivity index (χ1n) is 28.3. The van der Waals surface area contributed by atoms with Crippen molar-refractivity contribution in [1.29, 1.82) is 0 Å². The number of ether oxygens (including phenoxy) is 3. The van der Waals surface area contributed by atoms with E-state index in [0.29, 0.717) is 19.3 Å². The SMILES string of the molecule is CCC/C=C\C/C=C\CCCCCCCC(=O)OCC(COC(=O)CCCCCCCCCCC/C=C\CCCCCCCCCC)OC(=O)CCCCCCC/C=C\C/C=C\CCCC. The number of hydrogen-bond acceptors (Lipinski definition) is 6. The second-order valence-electron chi connectivity index (χ2n) is 18.8. The zero-order valence-corrected chi connectivity index (χ0v) is 43.7. The van der Waals surface area contributed by atoms with Crippen molar-refractivity contribution in [2.24, 2.45) is 0 Å². The molecule has 66 heavy (non-hydrogen) atoms. The normalized spacial score (nSPS) is 12.5. The minimum absolute atomic E-state index is 0.0849. The second-order valence-corrected chi connectivity index (χ2v) is 18.8. The third-order valence-corrected chi connectivity index (χ3v) is 12.2. The van der Waals surface area contributed by atoms with E-state index in [1.165, 1.54) is 135 Å². The molecule has 1 unspecified atom stereocenters. The van der Waals surface area contributed by atoms with E-state index in [0.717, 1.165) is 109 Å². The molecule has 382 valence electrons. The van der Waals surface area contributed by atoms with E-state index < -0.39 is 6.10 Å². The van der Waals surface area contributed by atoms with Crippen molar-refractivity contribution in [3.8, 4) is 0 Å². The van der Waals surface area contributed by atoms with Crippen LogP contribution in [0.15, 0.2) is 60.8 Å². The van der Waals surface area contributed by atoms with Crippen LogP contribution in [-0.2, 0) is 28.6 Å². The van der Waals surface area contributed by atoms with E-state index in [1.807, 2.05) is 0 Å². The maximum atomic E-state index is 12.8. The first kappa shape index (κ1) is 63.1. The number of carbonyl (C=O) groups excluding carboxylic acids is 3. The van der Waals surface area contributed by atoms with Crippen molar-refractivity contribution < 1.29 is 28.6 Å². The lowest BCUT2D eigenvalue weighted by Gasteiger charge is -2.18. The van der Waals surface area contributed by atoms with Gasteiger partial charge in [0, 0.05) is 19.3 Å². The van der Waals surface area contributed by atoms with Crippen molar-refractivity contribution in [2.75, 3.05) is 13.2 Å². The third-order valence-electron chi connectivity index (χ3n) is 12.2. The Hall–Kier alpha value is -2.89. The smallest absolute Gasteiger partial charge is 0.306 e. The van der Waals surface area contributed by atoms with Gasteiger partial charge < -0.3 is 14.2 Å². The molecule has 6 nitrogen and oxygen atoms in total. The van der Waals surface area contributed by atoms with Crippen molar-refractivity contribution in [3.63, 3.8) is 0 Å². The molecule has 0 aliphatic heterocycles. The predicted octanol–water partition coefficient (Wildman–Crippen LogP) is 18.8. The summed E-state index contributed by atoms with van der Waals surface area (Å²) in [6, 6.07) is 0. The van der Waals surface area contributed by atoms with Crippen LogP contribution in [0, 0.1) is 0 Å². The van der Waals surface area contributed by atoms with Crippen LogP contribution in [0.4, 0.5) is 0 Å². The number of unbranched alkanes of at least 4 members (excludes halogenated alkanes) is 30. The maximum Gasteiger partial charge on any atom is 0.306 e. The minimum atomic E-state index is -0.787. The van der Waals surface area contributed by atoms with E-state index in [2.05, 4.69) is 81.5 Å². The van der Waals surface area contributed by atoms with Crippen molar-refractivity contribution in [2.45, 2.75) is 290 Å². The molecule has 0 radical (unpaired) electrons. The average molecular weight is 924 g/mol. The molecule has 0 aromatic rings. The Balaban J connectivity index is 4.34. The fraction of sp³-hybridized carbons (Fsp3) is 0.783. The summed E-state index contributed by atoms with van der Waals surface area (Å²) in [5.41, 5.74) is 0. The first-order chi connectivity index (χ1) is 32.5. The highest BCUT2D eigenvalue weighted by atomic mass is 16.6. The number of carbonyl (C=O) groups is 3. The maximum absolute atomic E-state index is 12.8. The Morgan fingerprint density at radius 1 is 0.303 bits per heavy atom. The fourth-order valence-corrected chi connectivity index (χ4v) is 7.90. The monoisotopic (exact) mass is 923 g/mol. The van der Waals surface area contributed by atoms with Crippen LogP contribution in [0.25, 0.3) is 0 Å². The van der Waals surface area contributed by atoms with E-state index in [1.54, 1.807) is 0 Å². The molecule has 0 aliphatic rings. The van der Waals surface area contributed by atoms with E-state index in [9.17, 15) is 14.4 Å². The molecular weight excluding hydrogens is 817 g/mol. The van der Waals surface area contributed by atoms with Crippen LogP contribution in [0.2, 0.25) is 0 Å². The topological polar surface area (TPSA) is 78.9 Å². The zero-order valence-electron chi connectivity index (χ0n) is 43.7. The van der Waals surface area contributed by atoms with Crippen molar-refractivity contribution in [1.82, 2.24) is 0 Å². The van der Waals surface area contributed by atoms with Gasteiger partial charge >= 0.3 is 17.9 Å². The molecule has 0 fully saturated rings. The lowest BCUT2D eigenvalue weighted by Crippen LogP contribution is -2.30. The molecule has 0 aromatic heterocycles. The van der Waals surface area contributed by atoms with Crippen molar-refractivity contribution in [3.05, 3.63) is 60.8 Å². The Labute approximate surface area is 409 Å². The van der Waals surface area contributed by atoms with Crippen LogP contribution in [0.5, 0.6) is 0 Å². The lowest BCUT2D eigenvalue weighted by molar-refractivity contribution is -0.167. The molecule has 6 heteroatoms. The average Bonchev–Trinajstić information content (AvgIpc) is 3.31. The molecule has 0 amide bonds. The van der Waals surface area contributed by atoms with E-state index in [-0.39, 0.29) is 31.1 Å². The predicted molar refractivity (Wildman–Crippen MR) is 284 cm³/mol. The third kappa shape index (κ3) is 52.1. The Kier molecular flexibility index (Phi) is 52.3. The van der Waals surface area contributed by atoms with Gasteiger partial charge in [-0.3, -0.25) is 14.4 Å². The summed E-state index contributed by atoms with van der Waals surface area (Å²) in [6.45, 7) is 6.53. The summed E-state index contributed by atoms with van der Waals surface area (Å²) in [5.74, 6) is -0.908. The number of allylic oxidation sites excluding steroid dienone is 10. The molecule has 0 rings (SSSR count). The molecule has 0 aliphatic carbocycles. The quantitative estimate of drug-likeness (QED) is 0.0262. The summed E-state index contributed by atoms with van der Waals surface area (Å²) in [5, 5.41) is 0. The Bertz CT molecular complexity index is 1200. The van der Waals surface area contributed by atoms with Gasteiger partial charge in [-0.15, -0.1) is 0 Å². The summed E-state index contributed by atoms with van der Waals surface area (Å²) in [4.78, 5) is 38.1. The van der Waals surface area contributed by atoms with Gasteiger partial charge in [-0.25, -0.2) is 0 Å². The molecule has 0 aromatic carbocycles. The fourth-order valence-electron chi connectivity index (χ4n) is 7.90. The van der Waals surface area contributed by atoms with Gasteiger partial charge in [-0.2, -0.15) is 0 Å².